The monoisotopic (exact) mass is 283 g/mol. The highest BCUT2D eigenvalue weighted by Crippen LogP contribution is 2.42. The minimum Gasteiger partial charge on any atom is -0.224 e. The van der Waals surface area contributed by atoms with Crippen LogP contribution in [0.1, 0.15) is 31.2 Å². The van der Waals surface area contributed by atoms with Crippen LogP contribution in [0.4, 0.5) is 4.39 Å². The van der Waals surface area contributed by atoms with E-state index in [0.717, 1.165) is 25.2 Å². The standard InChI is InChI=1S/C13H14FNO3S/c1-19(17,18)12-8-10(4-5-11(12)14)13(15-9-16)6-2-3-7-13/h4-5,8H,2-3,6-7H2,1H3. The van der Waals surface area contributed by atoms with Crippen molar-refractivity contribution in [3.05, 3.63) is 29.6 Å². The number of aliphatic imine (C=N–C) groups is 1. The van der Waals surface area contributed by atoms with E-state index in [9.17, 15) is 17.6 Å². The van der Waals surface area contributed by atoms with Crippen molar-refractivity contribution >= 4 is 15.9 Å². The van der Waals surface area contributed by atoms with Crippen LogP contribution in [0.2, 0.25) is 0 Å². The third-order valence-electron chi connectivity index (χ3n) is 3.56. The van der Waals surface area contributed by atoms with Crippen LogP contribution in [0.3, 0.4) is 0 Å². The van der Waals surface area contributed by atoms with Gasteiger partial charge in [0.15, 0.2) is 9.84 Å². The average molecular weight is 283 g/mol. The van der Waals surface area contributed by atoms with E-state index in [-0.39, 0.29) is 4.90 Å². The molecule has 0 aromatic heterocycles. The van der Waals surface area contributed by atoms with Crippen molar-refractivity contribution in [2.45, 2.75) is 36.1 Å². The van der Waals surface area contributed by atoms with E-state index in [1.807, 2.05) is 0 Å². The largest absolute Gasteiger partial charge is 0.235 e. The van der Waals surface area contributed by atoms with Crippen molar-refractivity contribution in [3.8, 4) is 0 Å². The molecule has 0 N–H and O–H groups in total. The molecule has 102 valence electrons. The second-order valence-corrected chi connectivity index (χ2v) is 6.84. The van der Waals surface area contributed by atoms with Crippen LogP contribution >= 0.6 is 0 Å². The molecule has 0 heterocycles. The Morgan fingerprint density at radius 2 is 1.95 bits per heavy atom. The molecule has 6 heteroatoms. The molecule has 0 spiro atoms. The maximum atomic E-state index is 13.6. The number of rotatable bonds is 3. The molecule has 0 unspecified atom stereocenters. The van der Waals surface area contributed by atoms with E-state index in [2.05, 4.69) is 4.99 Å². The summed E-state index contributed by atoms with van der Waals surface area (Å²) in [6.45, 7) is 0. The highest BCUT2D eigenvalue weighted by Gasteiger charge is 2.36. The van der Waals surface area contributed by atoms with Crippen LogP contribution in [0, 0.1) is 5.82 Å². The molecule has 0 aliphatic heterocycles. The lowest BCUT2D eigenvalue weighted by atomic mass is 9.89. The number of carbonyl (C=O) groups excluding carboxylic acids is 1. The van der Waals surface area contributed by atoms with Crippen molar-refractivity contribution in [1.29, 1.82) is 0 Å². The fourth-order valence-electron chi connectivity index (χ4n) is 2.59. The first-order chi connectivity index (χ1) is 8.89. The second-order valence-electron chi connectivity index (χ2n) is 4.86. The first kappa shape index (κ1) is 13.9. The van der Waals surface area contributed by atoms with Gasteiger partial charge in [-0.15, -0.1) is 0 Å². The van der Waals surface area contributed by atoms with Crippen LogP contribution in [-0.4, -0.2) is 20.8 Å². The van der Waals surface area contributed by atoms with Gasteiger partial charge < -0.3 is 0 Å². The van der Waals surface area contributed by atoms with E-state index in [4.69, 9.17) is 0 Å². The van der Waals surface area contributed by atoms with Crippen LogP contribution in [0.25, 0.3) is 0 Å². The highest BCUT2D eigenvalue weighted by atomic mass is 32.2. The van der Waals surface area contributed by atoms with Gasteiger partial charge in [-0.3, -0.25) is 0 Å². The maximum absolute atomic E-state index is 13.6. The lowest BCUT2D eigenvalue weighted by Crippen LogP contribution is -2.19. The highest BCUT2D eigenvalue weighted by molar-refractivity contribution is 7.90. The molecular formula is C13H14FNO3S. The summed E-state index contributed by atoms with van der Waals surface area (Å²) >= 11 is 0. The van der Waals surface area contributed by atoms with E-state index in [0.29, 0.717) is 18.4 Å². The molecule has 1 aromatic carbocycles. The molecule has 0 bridgehead atoms. The summed E-state index contributed by atoms with van der Waals surface area (Å²) in [6.07, 6.45) is 5.61. The summed E-state index contributed by atoms with van der Waals surface area (Å²) in [5, 5.41) is 0. The summed E-state index contributed by atoms with van der Waals surface area (Å²) in [4.78, 5) is 14.1. The Bertz CT molecular complexity index is 642. The van der Waals surface area contributed by atoms with Gasteiger partial charge in [-0.2, -0.15) is 4.99 Å². The first-order valence-corrected chi connectivity index (χ1v) is 7.87. The van der Waals surface area contributed by atoms with Gasteiger partial charge in [-0.1, -0.05) is 18.9 Å². The van der Waals surface area contributed by atoms with Crippen LogP contribution in [-0.2, 0) is 20.2 Å². The maximum Gasteiger partial charge on any atom is 0.235 e. The predicted molar refractivity (Wildman–Crippen MR) is 67.8 cm³/mol. The summed E-state index contributed by atoms with van der Waals surface area (Å²) in [5.74, 6) is -0.783. The van der Waals surface area contributed by atoms with Gasteiger partial charge in [-0.25, -0.2) is 17.6 Å². The molecule has 0 atom stereocenters. The van der Waals surface area contributed by atoms with Gasteiger partial charge in [0.05, 0.1) is 5.54 Å². The van der Waals surface area contributed by atoms with Crippen LogP contribution in [0.15, 0.2) is 28.1 Å². The first-order valence-electron chi connectivity index (χ1n) is 5.98. The van der Waals surface area contributed by atoms with E-state index < -0.39 is 21.2 Å². The zero-order chi connectivity index (χ0) is 14.1. The van der Waals surface area contributed by atoms with Gasteiger partial charge in [-0.05, 0) is 30.5 Å². The number of benzene rings is 1. The van der Waals surface area contributed by atoms with Gasteiger partial charge in [0.2, 0.25) is 6.08 Å². The number of hydrogen-bond acceptors (Lipinski definition) is 4. The van der Waals surface area contributed by atoms with Crippen molar-refractivity contribution < 1.29 is 17.6 Å². The Morgan fingerprint density at radius 1 is 1.32 bits per heavy atom. The molecule has 1 aliphatic rings. The van der Waals surface area contributed by atoms with Crippen molar-refractivity contribution in [3.63, 3.8) is 0 Å². The molecule has 1 aromatic rings. The quantitative estimate of drug-likeness (QED) is 0.631. The Hall–Kier alpha value is -1.52. The molecule has 1 aliphatic carbocycles. The number of nitrogens with zero attached hydrogens (tertiary/aromatic N) is 1. The Labute approximate surface area is 111 Å². The number of hydrogen-bond donors (Lipinski definition) is 0. The third-order valence-corrected chi connectivity index (χ3v) is 4.67. The van der Waals surface area contributed by atoms with Crippen molar-refractivity contribution in [1.82, 2.24) is 0 Å². The third kappa shape index (κ3) is 2.60. The lowest BCUT2D eigenvalue weighted by Gasteiger charge is -2.23. The zero-order valence-corrected chi connectivity index (χ0v) is 11.3. The van der Waals surface area contributed by atoms with E-state index in [1.165, 1.54) is 12.1 Å². The molecule has 1 saturated carbocycles. The number of isocyanates is 1. The molecule has 2 rings (SSSR count). The summed E-state index contributed by atoms with van der Waals surface area (Å²) in [6, 6.07) is 3.90. The van der Waals surface area contributed by atoms with E-state index in [1.54, 1.807) is 6.08 Å². The lowest BCUT2D eigenvalue weighted by molar-refractivity contribution is 0.453. The molecule has 4 nitrogen and oxygen atoms in total. The van der Waals surface area contributed by atoms with Crippen LogP contribution < -0.4 is 0 Å². The van der Waals surface area contributed by atoms with E-state index >= 15 is 0 Å². The second kappa shape index (κ2) is 4.87. The van der Waals surface area contributed by atoms with Gasteiger partial charge in [0, 0.05) is 6.26 Å². The summed E-state index contributed by atoms with van der Waals surface area (Å²) < 4.78 is 36.6. The Kier molecular flexibility index (Phi) is 3.56. The Morgan fingerprint density at radius 3 is 2.47 bits per heavy atom. The van der Waals surface area contributed by atoms with Gasteiger partial charge >= 0.3 is 0 Å². The van der Waals surface area contributed by atoms with Crippen molar-refractivity contribution in [2.24, 2.45) is 4.99 Å². The topological polar surface area (TPSA) is 63.6 Å². The fraction of sp³-hybridized carbons (Fsp3) is 0.462. The van der Waals surface area contributed by atoms with Gasteiger partial charge in [0.1, 0.15) is 10.7 Å². The average Bonchev–Trinajstić information content (AvgIpc) is 2.78. The fourth-order valence-corrected chi connectivity index (χ4v) is 3.35. The molecule has 19 heavy (non-hydrogen) atoms. The SMILES string of the molecule is CS(=O)(=O)c1cc(C2(N=C=O)CCCC2)ccc1F. The summed E-state index contributed by atoms with van der Waals surface area (Å²) in [5.41, 5.74) is -0.176. The smallest absolute Gasteiger partial charge is 0.224 e. The Balaban J connectivity index is 2.60. The minimum atomic E-state index is -3.64. The molecule has 0 saturated heterocycles. The summed E-state index contributed by atoms with van der Waals surface area (Å²) in [7, 11) is -3.64. The van der Waals surface area contributed by atoms with Crippen molar-refractivity contribution in [2.75, 3.05) is 6.26 Å². The number of sulfone groups is 1. The minimum absolute atomic E-state index is 0.350. The normalized spacial score (nSPS) is 18.0. The predicted octanol–water partition coefficient (Wildman–Crippen LogP) is 2.33. The van der Waals surface area contributed by atoms with Crippen LogP contribution in [0.5, 0.6) is 0 Å². The molecule has 0 radical (unpaired) electrons. The van der Waals surface area contributed by atoms with Gasteiger partial charge in [0.25, 0.3) is 0 Å². The zero-order valence-electron chi connectivity index (χ0n) is 10.5. The molecule has 1 fully saturated rings. The molecule has 0 amide bonds. The molecular weight excluding hydrogens is 269 g/mol. The number of halogens is 1.